The molecule has 1 aromatic carbocycles. The molecule has 0 saturated carbocycles. The van der Waals surface area contributed by atoms with Crippen LogP contribution in [-0.2, 0) is 11.3 Å². The zero-order chi connectivity index (χ0) is 16.2. The van der Waals surface area contributed by atoms with Gasteiger partial charge < -0.3 is 14.5 Å². The number of fused-ring (bicyclic) bond motifs is 1. The number of aromatic nitrogens is 2. The Labute approximate surface area is 132 Å². The van der Waals surface area contributed by atoms with Crippen molar-refractivity contribution in [1.29, 1.82) is 0 Å². The molecule has 23 heavy (non-hydrogen) atoms. The van der Waals surface area contributed by atoms with Gasteiger partial charge in [-0.1, -0.05) is 30.3 Å². The number of halogens is 1. The minimum atomic E-state index is -0.524. The van der Waals surface area contributed by atoms with E-state index in [0.29, 0.717) is 11.3 Å². The number of hydrogen-bond donors (Lipinski definition) is 1. The van der Waals surface area contributed by atoms with Crippen molar-refractivity contribution in [3.8, 4) is 0 Å². The Morgan fingerprint density at radius 1 is 1.26 bits per heavy atom. The molecule has 0 spiro atoms. The van der Waals surface area contributed by atoms with E-state index in [4.69, 9.17) is 4.74 Å². The van der Waals surface area contributed by atoms with Crippen LogP contribution in [0, 0.1) is 5.82 Å². The molecule has 0 aliphatic carbocycles. The van der Waals surface area contributed by atoms with Crippen LogP contribution >= 0.6 is 0 Å². The van der Waals surface area contributed by atoms with E-state index in [1.165, 1.54) is 12.3 Å². The first-order valence-corrected chi connectivity index (χ1v) is 7.23. The van der Waals surface area contributed by atoms with Crippen LogP contribution in [-0.4, -0.2) is 15.5 Å². The lowest BCUT2D eigenvalue weighted by Gasteiger charge is -2.11. The van der Waals surface area contributed by atoms with Crippen molar-refractivity contribution in [2.24, 2.45) is 0 Å². The first-order chi connectivity index (χ1) is 11.1. The number of benzene rings is 1. The molecule has 5 nitrogen and oxygen atoms in total. The summed E-state index contributed by atoms with van der Waals surface area (Å²) in [5.74, 6) is -0.343. The Morgan fingerprint density at radius 3 is 2.83 bits per heavy atom. The summed E-state index contributed by atoms with van der Waals surface area (Å²) in [5, 5.41) is 2.71. The predicted octanol–water partition coefficient (Wildman–Crippen LogP) is 3.46. The lowest BCUT2D eigenvalue weighted by molar-refractivity contribution is 0.136. The Hall–Kier alpha value is -2.89. The van der Waals surface area contributed by atoms with Crippen molar-refractivity contribution in [2.45, 2.75) is 19.6 Å². The quantitative estimate of drug-likeness (QED) is 0.802. The van der Waals surface area contributed by atoms with Gasteiger partial charge in [0, 0.05) is 12.4 Å². The summed E-state index contributed by atoms with van der Waals surface area (Å²) in [6.07, 6.45) is 2.50. The standard InChI is InChI=1S/C17H16FN3O2/c1-12(15-10-21-9-14(18)7-8-16(21)20-15)19-17(22)23-11-13-5-3-2-4-6-13/h2-10,12H,11H2,1H3,(H,19,22)/t12-/m0/s1. The van der Waals surface area contributed by atoms with Crippen LogP contribution in [0.15, 0.2) is 54.9 Å². The zero-order valence-electron chi connectivity index (χ0n) is 12.6. The molecule has 0 aliphatic heterocycles. The van der Waals surface area contributed by atoms with Crippen LogP contribution in [0.2, 0.25) is 0 Å². The highest BCUT2D eigenvalue weighted by molar-refractivity contribution is 5.67. The number of rotatable bonds is 4. The molecule has 0 saturated heterocycles. The van der Waals surface area contributed by atoms with Gasteiger partial charge in [-0.05, 0) is 24.6 Å². The SMILES string of the molecule is C[C@H](NC(=O)OCc1ccccc1)c1cn2cc(F)ccc2n1. The minimum absolute atomic E-state index is 0.204. The van der Waals surface area contributed by atoms with E-state index in [9.17, 15) is 9.18 Å². The third-order valence-electron chi connectivity index (χ3n) is 3.42. The Balaban J connectivity index is 1.61. The van der Waals surface area contributed by atoms with Crippen molar-refractivity contribution in [3.63, 3.8) is 0 Å². The lowest BCUT2D eigenvalue weighted by Crippen LogP contribution is -2.27. The van der Waals surface area contributed by atoms with Gasteiger partial charge in [-0.25, -0.2) is 14.2 Å². The average molecular weight is 313 g/mol. The summed E-state index contributed by atoms with van der Waals surface area (Å²) < 4.78 is 19.9. The fraction of sp³-hybridized carbons (Fsp3) is 0.176. The first kappa shape index (κ1) is 15.0. The van der Waals surface area contributed by atoms with Gasteiger partial charge in [0.25, 0.3) is 0 Å². The van der Waals surface area contributed by atoms with Crippen molar-refractivity contribution >= 4 is 11.7 Å². The summed E-state index contributed by atoms with van der Waals surface area (Å²) in [4.78, 5) is 16.2. The van der Waals surface area contributed by atoms with Crippen LogP contribution < -0.4 is 5.32 Å². The van der Waals surface area contributed by atoms with E-state index in [1.807, 2.05) is 30.3 Å². The molecule has 0 fully saturated rings. The van der Waals surface area contributed by atoms with E-state index in [1.54, 1.807) is 23.6 Å². The second-order valence-electron chi connectivity index (χ2n) is 5.21. The van der Waals surface area contributed by atoms with Gasteiger partial charge in [0.1, 0.15) is 18.1 Å². The van der Waals surface area contributed by atoms with Gasteiger partial charge >= 0.3 is 6.09 Å². The van der Waals surface area contributed by atoms with E-state index < -0.39 is 6.09 Å². The highest BCUT2D eigenvalue weighted by atomic mass is 19.1. The van der Waals surface area contributed by atoms with Crippen molar-refractivity contribution < 1.29 is 13.9 Å². The van der Waals surface area contributed by atoms with Crippen molar-refractivity contribution in [3.05, 3.63) is 71.9 Å². The van der Waals surface area contributed by atoms with Crippen LogP contribution in [0.3, 0.4) is 0 Å². The number of alkyl carbamates (subject to hydrolysis) is 1. The fourth-order valence-electron chi connectivity index (χ4n) is 2.21. The van der Waals surface area contributed by atoms with Crippen molar-refractivity contribution in [1.82, 2.24) is 14.7 Å². The van der Waals surface area contributed by atoms with E-state index in [0.717, 1.165) is 5.56 Å². The average Bonchev–Trinajstić information content (AvgIpc) is 2.97. The molecule has 0 radical (unpaired) electrons. The van der Waals surface area contributed by atoms with Crippen LogP contribution in [0.4, 0.5) is 9.18 Å². The Morgan fingerprint density at radius 2 is 2.04 bits per heavy atom. The second kappa shape index (κ2) is 6.48. The summed E-state index contributed by atoms with van der Waals surface area (Å²) in [7, 11) is 0. The lowest BCUT2D eigenvalue weighted by atomic mass is 10.2. The molecule has 2 aromatic heterocycles. The molecule has 1 amide bonds. The molecule has 0 aliphatic rings. The Bertz CT molecular complexity index is 817. The Kier molecular flexibility index (Phi) is 4.23. The van der Waals surface area contributed by atoms with Crippen LogP contribution in [0.25, 0.3) is 5.65 Å². The minimum Gasteiger partial charge on any atom is -0.445 e. The van der Waals surface area contributed by atoms with Crippen molar-refractivity contribution in [2.75, 3.05) is 0 Å². The van der Waals surface area contributed by atoms with Gasteiger partial charge in [0.2, 0.25) is 0 Å². The van der Waals surface area contributed by atoms with Gasteiger partial charge in [-0.3, -0.25) is 0 Å². The maximum Gasteiger partial charge on any atom is 0.407 e. The molecule has 0 bridgehead atoms. The van der Waals surface area contributed by atoms with Crippen LogP contribution in [0.1, 0.15) is 24.2 Å². The molecule has 2 heterocycles. The second-order valence-corrected chi connectivity index (χ2v) is 5.21. The molecule has 3 rings (SSSR count). The summed E-state index contributed by atoms with van der Waals surface area (Å²) in [6, 6.07) is 12.0. The summed E-state index contributed by atoms with van der Waals surface area (Å²) in [5.41, 5.74) is 2.17. The third kappa shape index (κ3) is 3.66. The number of nitrogens with one attached hydrogen (secondary N) is 1. The fourth-order valence-corrected chi connectivity index (χ4v) is 2.21. The maximum atomic E-state index is 13.2. The topological polar surface area (TPSA) is 55.6 Å². The van der Waals surface area contributed by atoms with E-state index in [-0.39, 0.29) is 18.5 Å². The molecule has 118 valence electrons. The molecule has 1 atom stereocenters. The maximum absolute atomic E-state index is 13.2. The largest absolute Gasteiger partial charge is 0.445 e. The third-order valence-corrected chi connectivity index (χ3v) is 3.42. The van der Waals surface area contributed by atoms with Gasteiger partial charge in [-0.15, -0.1) is 0 Å². The normalized spacial score (nSPS) is 12.1. The number of carbonyl (C=O) groups excluding carboxylic acids is 1. The first-order valence-electron chi connectivity index (χ1n) is 7.23. The number of ether oxygens (including phenoxy) is 1. The predicted molar refractivity (Wildman–Crippen MR) is 83.3 cm³/mol. The molecule has 0 unspecified atom stereocenters. The number of pyridine rings is 1. The van der Waals surface area contributed by atoms with E-state index in [2.05, 4.69) is 10.3 Å². The van der Waals surface area contributed by atoms with Crippen LogP contribution in [0.5, 0.6) is 0 Å². The van der Waals surface area contributed by atoms with E-state index >= 15 is 0 Å². The zero-order valence-corrected chi connectivity index (χ0v) is 12.6. The molecule has 1 N–H and O–H groups in total. The molecular formula is C17H16FN3O2. The number of imidazole rings is 1. The molecular weight excluding hydrogens is 297 g/mol. The number of nitrogens with zero attached hydrogens (tertiary/aromatic N) is 2. The summed E-state index contributed by atoms with van der Waals surface area (Å²) >= 11 is 0. The van der Waals surface area contributed by atoms with Gasteiger partial charge in [-0.2, -0.15) is 0 Å². The smallest absolute Gasteiger partial charge is 0.407 e. The number of amides is 1. The highest BCUT2D eigenvalue weighted by Gasteiger charge is 2.14. The van der Waals surface area contributed by atoms with Gasteiger partial charge in [0.15, 0.2) is 0 Å². The monoisotopic (exact) mass is 313 g/mol. The number of hydrogen-bond acceptors (Lipinski definition) is 3. The summed E-state index contributed by atoms with van der Waals surface area (Å²) in [6.45, 7) is 2.00. The molecule has 6 heteroatoms. The highest BCUT2D eigenvalue weighted by Crippen LogP contribution is 2.14. The molecule has 3 aromatic rings. The number of carbonyl (C=O) groups is 1. The van der Waals surface area contributed by atoms with Gasteiger partial charge in [0.05, 0.1) is 11.7 Å².